The number of rotatable bonds is 2. The molecule has 1 aliphatic rings. The van der Waals surface area contributed by atoms with Crippen LogP contribution in [0.4, 0.5) is 5.69 Å². The predicted molar refractivity (Wildman–Crippen MR) is 75.0 cm³/mol. The molecule has 1 atom stereocenters. The smallest absolute Gasteiger partial charge is 0.330 e. The summed E-state index contributed by atoms with van der Waals surface area (Å²) in [7, 11) is 1.32. The second-order valence-corrected chi connectivity index (χ2v) is 5.31. The van der Waals surface area contributed by atoms with Gasteiger partial charge in [-0.05, 0) is 30.7 Å². The van der Waals surface area contributed by atoms with E-state index in [9.17, 15) is 9.59 Å². The number of carbonyl (C=O) groups is 2. The average molecular weight is 327 g/mol. The van der Waals surface area contributed by atoms with E-state index in [1.54, 1.807) is 0 Å². The van der Waals surface area contributed by atoms with Gasteiger partial charge in [-0.2, -0.15) is 0 Å². The van der Waals surface area contributed by atoms with Crippen molar-refractivity contribution in [2.24, 2.45) is 0 Å². The number of halogens is 1. The van der Waals surface area contributed by atoms with Gasteiger partial charge in [-0.1, -0.05) is 15.9 Å². The lowest BCUT2D eigenvalue weighted by Crippen LogP contribution is -2.57. The highest BCUT2D eigenvalue weighted by Gasteiger charge is 2.30. The zero-order valence-corrected chi connectivity index (χ0v) is 12.4. The number of benzene rings is 1. The number of piperazine rings is 1. The number of nitrogens with one attached hydrogen (secondary N) is 1. The molecule has 1 aliphatic heterocycles. The van der Waals surface area contributed by atoms with E-state index >= 15 is 0 Å². The van der Waals surface area contributed by atoms with Crippen LogP contribution in [-0.2, 0) is 14.3 Å². The van der Waals surface area contributed by atoms with Gasteiger partial charge >= 0.3 is 5.97 Å². The number of aryl methyl sites for hydroxylation is 1. The lowest BCUT2D eigenvalue weighted by Gasteiger charge is -2.33. The number of carbonyl (C=O) groups excluding carboxylic acids is 2. The molecule has 0 aliphatic carbocycles. The highest BCUT2D eigenvalue weighted by Crippen LogP contribution is 2.23. The van der Waals surface area contributed by atoms with Gasteiger partial charge < -0.3 is 15.0 Å². The summed E-state index contributed by atoms with van der Waals surface area (Å²) in [5.74, 6) is -0.603. The van der Waals surface area contributed by atoms with Crippen molar-refractivity contribution in [1.29, 1.82) is 0 Å². The quantitative estimate of drug-likeness (QED) is 0.831. The van der Waals surface area contributed by atoms with Crippen molar-refractivity contribution in [2.75, 3.05) is 25.1 Å². The van der Waals surface area contributed by atoms with Crippen molar-refractivity contribution in [3.05, 3.63) is 28.2 Å². The summed E-state index contributed by atoms with van der Waals surface area (Å²) in [6.45, 7) is 2.64. The number of hydrogen-bond acceptors (Lipinski definition) is 4. The molecule has 1 aromatic rings. The van der Waals surface area contributed by atoms with Gasteiger partial charge in [0.25, 0.3) is 0 Å². The third-order valence-electron chi connectivity index (χ3n) is 3.07. The maximum Gasteiger partial charge on any atom is 0.330 e. The number of methoxy groups -OCH3 is 1. The Morgan fingerprint density at radius 2 is 2.26 bits per heavy atom. The fourth-order valence-corrected chi connectivity index (χ4v) is 2.29. The molecule has 2 rings (SSSR count). The van der Waals surface area contributed by atoms with E-state index < -0.39 is 12.0 Å². The summed E-state index contributed by atoms with van der Waals surface area (Å²) < 4.78 is 5.69. The molecule has 1 fully saturated rings. The first-order valence-corrected chi connectivity index (χ1v) is 6.69. The molecule has 5 nitrogen and oxygen atoms in total. The maximum atomic E-state index is 11.7. The molecular weight excluding hydrogens is 312 g/mol. The Morgan fingerprint density at radius 3 is 2.89 bits per heavy atom. The fraction of sp³-hybridized carbons (Fsp3) is 0.385. The van der Waals surface area contributed by atoms with Gasteiger partial charge in [-0.25, -0.2) is 4.79 Å². The zero-order valence-electron chi connectivity index (χ0n) is 10.8. The van der Waals surface area contributed by atoms with Crippen LogP contribution in [0, 0.1) is 6.92 Å². The van der Waals surface area contributed by atoms with Crippen LogP contribution in [0.2, 0.25) is 0 Å². The topological polar surface area (TPSA) is 58.6 Å². The first-order chi connectivity index (χ1) is 9.01. The van der Waals surface area contributed by atoms with Crippen molar-refractivity contribution in [3.63, 3.8) is 0 Å². The molecule has 0 spiro atoms. The molecule has 102 valence electrons. The third kappa shape index (κ3) is 3.07. The molecule has 1 unspecified atom stereocenters. The van der Waals surface area contributed by atoms with Crippen LogP contribution < -0.4 is 10.2 Å². The summed E-state index contributed by atoms with van der Waals surface area (Å²) in [5, 5.41) is 2.63. The van der Waals surface area contributed by atoms with E-state index in [1.165, 1.54) is 7.11 Å². The second-order valence-electron chi connectivity index (χ2n) is 4.46. The number of esters is 1. The summed E-state index contributed by atoms with van der Waals surface area (Å²) >= 11 is 3.44. The molecule has 1 amide bonds. The minimum absolute atomic E-state index is 0.178. The van der Waals surface area contributed by atoms with Crippen molar-refractivity contribution < 1.29 is 14.3 Å². The minimum Gasteiger partial charge on any atom is -0.467 e. The molecule has 0 aromatic heterocycles. The Hall–Kier alpha value is -1.56. The maximum absolute atomic E-state index is 11.7. The highest BCUT2D eigenvalue weighted by molar-refractivity contribution is 9.10. The van der Waals surface area contributed by atoms with E-state index in [4.69, 9.17) is 0 Å². The molecule has 1 heterocycles. The zero-order chi connectivity index (χ0) is 14.0. The number of hydrogen-bond donors (Lipinski definition) is 1. The van der Waals surface area contributed by atoms with Gasteiger partial charge in [0.05, 0.1) is 13.7 Å². The van der Waals surface area contributed by atoms with Gasteiger partial charge in [0, 0.05) is 16.7 Å². The molecular formula is C13H15BrN2O3. The summed E-state index contributed by atoms with van der Waals surface area (Å²) in [4.78, 5) is 25.1. The van der Waals surface area contributed by atoms with Crippen molar-refractivity contribution >= 4 is 33.5 Å². The van der Waals surface area contributed by atoms with Crippen LogP contribution >= 0.6 is 15.9 Å². The van der Waals surface area contributed by atoms with E-state index in [2.05, 4.69) is 26.0 Å². The first kappa shape index (κ1) is 13.9. The number of anilines is 1. The van der Waals surface area contributed by atoms with Gasteiger partial charge in [0.15, 0.2) is 0 Å². The molecule has 6 heteroatoms. The van der Waals surface area contributed by atoms with Gasteiger partial charge in [-0.15, -0.1) is 0 Å². The molecule has 0 saturated carbocycles. The van der Waals surface area contributed by atoms with Crippen molar-refractivity contribution in [1.82, 2.24) is 5.32 Å². The first-order valence-electron chi connectivity index (χ1n) is 5.89. The lowest BCUT2D eigenvalue weighted by molar-refractivity contribution is -0.145. The Balaban J connectivity index is 2.21. The largest absolute Gasteiger partial charge is 0.467 e. The third-order valence-corrected chi connectivity index (χ3v) is 3.95. The van der Waals surface area contributed by atoms with Gasteiger partial charge in [0.1, 0.15) is 6.04 Å². The molecule has 0 bridgehead atoms. The number of nitrogens with zero attached hydrogens (tertiary/aromatic N) is 1. The van der Waals surface area contributed by atoms with Crippen LogP contribution in [0.5, 0.6) is 0 Å². The van der Waals surface area contributed by atoms with Crippen LogP contribution in [0.25, 0.3) is 0 Å². The number of amides is 1. The lowest BCUT2D eigenvalue weighted by atomic mass is 10.1. The fourth-order valence-electron chi connectivity index (χ4n) is 2.04. The predicted octanol–water partition coefficient (Wildman–Crippen LogP) is 1.24. The van der Waals surface area contributed by atoms with E-state index in [0.29, 0.717) is 6.54 Å². The molecule has 0 radical (unpaired) electrons. The van der Waals surface area contributed by atoms with E-state index in [0.717, 1.165) is 15.7 Å². The SMILES string of the molecule is COC(=O)C1CN(c2ccc(Br)c(C)c2)CC(=O)N1. The van der Waals surface area contributed by atoms with Crippen molar-refractivity contribution in [2.45, 2.75) is 13.0 Å². The summed E-state index contributed by atoms with van der Waals surface area (Å²) in [6, 6.07) is 5.22. The number of ether oxygens (including phenoxy) is 1. The van der Waals surface area contributed by atoms with Gasteiger partial charge in [-0.3, -0.25) is 4.79 Å². The average Bonchev–Trinajstić information content (AvgIpc) is 2.40. The standard InChI is InChI=1S/C13H15BrN2O3/c1-8-5-9(3-4-10(8)14)16-6-11(13(18)19-2)15-12(17)7-16/h3-5,11H,6-7H2,1-2H3,(H,15,17). The Labute approximate surface area is 120 Å². The molecule has 19 heavy (non-hydrogen) atoms. The molecule has 1 aromatic carbocycles. The monoisotopic (exact) mass is 326 g/mol. The summed E-state index contributed by atoms with van der Waals surface area (Å²) in [6.07, 6.45) is 0. The van der Waals surface area contributed by atoms with E-state index in [1.807, 2.05) is 30.0 Å². The molecule has 1 saturated heterocycles. The Morgan fingerprint density at radius 1 is 1.53 bits per heavy atom. The van der Waals surface area contributed by atoms with Crippen molar-refractivity contribution in [3.8, 4) is 0 Å². The molecule has 1 N–H and O–H groups in total. The summed E-state index contributed by atoms with van der Waals surface area (Å²) in [5.41, 5.74) is 2.00. The van der Waals surface area contributed by atoms with E-state index in [-0.39, 0.29) is 12.5 Å². The normalized spacial score (nSPS) is 19.0. The Bertz CT molecular complexity index is 519. The van der Waals surface area contributed by atoms with Crippen LogP contribution in [0.1, 0.15) is 5.56 Å². The minimum atomic E-state index is -0.616. The Kier molecular flexibility index (Phi) is 4.09. The van der Waals surface area contributed by atoms with Crippen LogP contribution in [0.3, 0.4) is 0 Å². The second kappa shape index (κ2) is 5.61. The van der Waals surface area contributed by atoms with Crippen LogP contribution in [0.15, 0.2) is 22.7 Å². The van der Waals surface area contributed by atoms with Crippen LogP contribution in [-0.4, -0.2) is 38.1 Å². The highest BCUT2D eigenvalue weighted by atomic mass is 79.9. The van der Waals surface area contributed by atoms with Gasteiger partial charge in [0.2, 0.25) is 5.91 Å².